The van der Waals surface area contributed by atoms with Gasteiger partial charge in [-0.15, -0.1) is 0 Å². The molecule has 1 fully saturated rings. The summed E-state index contributed by atoms with van der Waals surface area (Å²) in [5, 5.41) is 6.12. The SMILES string of the molecule is CC(C)(C)Nc1nc(NC(=O)c2cccc(N)c2)cc(C2CC2)n1. The van der Waals surface area contributed by atoms with E-state index in [-0.39, 0.29) is 11.4 Å². The fourth-order valence-electron chi connectivity index (χ4n) is 2.38. The molecular weight excluding hydrogens is 302 g/mol. The Hall–Kier alpha value is -2.63. The van der Waals surface area contributed by atoms with Crippen LogP contribution in [0.15, 0.2) is 30.3 Å². The van der Waals surface area contributed by atoms with Gasteiger partial charge in [-0.1, -0.05) is 6.07 Å². The minimum atomic E-state index is -0.232. The van der Waals surface area contributed by atoms with Gasteiger partial charge in [0, 0.05) is 28.8 Å². The van der Waals surface area contributed by atoms with Gasteiger partial charge in [0.25, 0.3) is 5.91 Å². The molecular formula is C18H23N5O. The Labute approximate surface area is 141 Å². The second-order valence-corrected chi connectivity index (χ2v) is 7.23. The number of nitrogen functional groups attached to an aromatic ring is 1. The predicted molar refractivity (Wildman–Crippen MR) is 96.2 cm³/mol. The van der Waals surface area contributed by atoms with E-state index < -0.39 is 0 Å². The molecule has 24 heavy (non-hydrogen) atoms. The van der Waals surface area contributed by atoms with Gasteiger partial charge in [-0.2, -0.15) is 4.98 Å². The van der Waals surface area contributed by atoms with Crippen LogP contribution in [0.2, 0.25) is 0 Å². The van der Waals surface area contributed by atoms with Crippen LogP contribution in [0.3, 0.4) is 0 Å². The third-order valence-electron chi connectivity index (χ3n) is 3.62. The van der Waals surface area contributed by atoms with E-state index in [1.54, 1.807) is 24.3 Å². The average molecular weight is 325 g/mol. The third kappa shape index (κ3) is 4.22. The van der Waals surface area contributed by atoms with Crippen molar-refractivity contribution >= 4 is 23.4 Å². The Morgan fingerprint density at radius 1 is 1.21 bits per heavy atom. The summed E-state index contributed by atoms with van der Waals surface area (Å²) in [4.78, 5) is 21.4. The van der Waals surface area contributed by atoms with Gasteiger partial charge in [-0.25, -0.2) is 4.98 Å². The molecule has 6 nitrogen and oxygen atoms in total. The number of nitrogens with zero attached hydrogens (tertiary/aromatic N) is 2. The van der Waals surface area contributed by atoms with Gasteiger partial charge < -0.3 is 16.4 Å². The molecule has 0 atom stereocenters. The van der Waals surface area contributed by atoms with Gasteiger partial charge in [0.1, 0.15) is 5.82 Å². The first-order valence-corrected chi connectivity index (χ1v) is 8.14. The predicted octanol–water partition coefficient (Wildman–Crippen LogP) is 3.40. The molecule has 0 unspecified atom stereocenters. The monoisotopic (exact) mass is 325 g/mol. The molecule has 126 valence electrons. The van der Waals surface area contributed by atoms with Crippen LogP contribution >= 0.6 is 0 Å². The first-order valence-electron chi connectivity index (χ1n) is 8.14. The van der Waals surface area contributed by atoms with Crippen LogP contribution in [0, 0.1) is 0 Å². The highest BCUT2D eigenvalue weighted by molar-refractivity contribution is 6.04. The largest absolute Gasteiger partial charge is 0.399 e. The van der Waals surface area contributed by atoms with E-state index in [4.69, 9.17) is 5.73 Å². The third-order valence-corrected chi connectivity index (χ3v) is 3.62. The van der Waals surface area contributed by atoms with E-state index in [1.165, 1.54) is 0 Å². The molecule has 0 aliphatic heterocycles. The van der Waals surface area contributed by atoms with Crippen molar-refractivity contribution in [1.29, 1.82) is 0 Å². The lowest BCUT2D eigenvalue weighted by Crippen LogP contribution is -2.28. The molecule has 1 heterocycles. The number of amides is 1. The summed E-state index contributed by atoms with van der Waals surface area (Å²) in [5.74, 6) is 1.28. The van der Waals surface area contributed by atoms with Crippen LogP contribution in [-0.2, 0) is 0 Å². The summed E-state index contributed by atoms with van der Waals surface area (Å²) in [7, 11) is 0. The normalized spacial score (nSPS) is 14.3. The molecule has 1 aromatic carbocycles. The van der Waals surface area contributed by atoms with Crippen molar-refractivity contribution in [2.75, 3.05) is 16.4 Å². The molecule has 1 aliphatic carbocycles. The number of nitrogens with two attached hydrogens (primary N) is 1. The number of nitrogens with one attached hydrogen (secondary N) is 2. The molecule has 0 radical (unpaired) electrons. The first kappa shape index (κ1) is 16.2. The van der Waals surface area contributed by atoms with Crippen molar-refractivity contribution in [3.8, 4) is 0 Å². The molecule has 4 N–H and O–H groups in total. The maximum Gasteiger partial charge on any atom is 0.256 e. The Balaban J connectivity index is 1.85. The molecule has 0 bridgehead atoms. The topological polar surface area (TPSA) is 92.9 Å². The van der Waals surface area contributed by atoms with Crippen molar-refractivity contribution in [2.24, 2.45) is 0 Å². The molecule has 0 saturated heterocycles. The van der Waals surface area contributed by atoms with E-state index >= 15 is 0 Å². The Morgan fingerprint density at radius 2 is 1.96 bits per heavy atom. The molecule has 1 aromatic heterocycles. The Kier molecular flexibility index (Phi) is 4.13. The van der Waals surface area contributed by atoms with Gasteiger partial charge in [0.15, 0.2) is 0 Å². The maximum atomic E-state index is 12.4. The molecule has 2 aromatic rings. The molecule has 1 aliphatic rings. The smallest absolute Gasteiger partial charge is 0.256 e. The van der Waals surface area contributed by atoms with Crippen LogP contribution in [0.25, 0.3) is 0 Å². The van der Waals surface area contributed by atoms with E-state index in [0.29, 0.717) is 28.9 Å². The van der Waals surface area contributed by atoms with Crippen molar-refractivity contribution in [3.63, 3.8) is 0 Å². The van der Waals surface area contributed by atoms with Crippen molar-refractivity contribution in [1.82, 2.24) is 9.97 Å². The van der Waals surface area contributed by atoms with Crippen molar-refractivity contribution in [3.05, 3.63) is 41.6 Å². The Morgan fingerprint density at radius 3 is 2.58 bits per heavy atom. The van der Waals surface area contributed by atoms with E-state index in [1.807, 2.05) is 26.8 Å². The second-order valence-electron chi connectivity index (χ2n) is 7.23. The second kappa shape index (κ2) is 6.11. The summed E-state index contributed by atoms with van der Waals surface area (Å²) in [6.45, 7) is 6.14. The molecule has 6 heteroatoms. The number of hydrogen-bond acceptors (Lipinski definition) is 5. The highest BCUT2D eigenvalue weighted by Gasteiger charge is 2.27. The summed E-state index contributed by atoms with van der Waals surface area (Å²) in [6.07, 6.45) is 2.27. The zero-order valence-corrected chi connectivity index (χ0v) is 14.3. The highest BCUT2D eigenvalue weighted by atomic mass is 16.1. The van der Waals surface area contributed by atoms with Crippen LogP contribution in [0.4, 0.5) is 17.5 Å². The van der Waals surface area contributed by atoms with Crippen molar-refractivity contribution < 1.29 is 4.79 Å². The lowest BCUT2D eigenvalue weighted by atomic mass is 10.1. The lowest BCUT2D eigenvalue weighted by molar-refractivity contribution is 0.102. The van der Waals surface area contributed by atoms with E-state index in [9.17, 15) is 4.79 Å². The fourth-order valence-corrected chi connectivity index (χ4v) is 2.38. The average Bonchev–Trinajstić information content (AvgIpc) is 3.29. The van der Waals surface area contributed by atoms with Gasteiger partial charge in [-0.3, -0.25) is 4.79 Å². The minimum Gasteiger partial charge on any atom is -0.399 e. The minimum absolute atomic E-state index is 0.155. The molecule has 3 rings (SSSR count). The zero-order chi connectivity index (χ0) is 17.3. The summed E-state index contributed by atoms with van der Waals surface area (Å²) < 4.78 is 0. The van der Waals surface area contributed by atoms with E-state index in [2.05, 4.69) is 20.6 Å². The molecule has 0 spiro atoms. The Bertz CT molecular complexity index is 762. The number of benzene rings is 1. The van der Waals surface area contributed by atoms with Crippen LogP contribution < -0.4 is 16.4 Å². The summed E-state index contributed by atoms with van der Waals surface area (Å²) in [5.41, 5.74) is 7.62. The quantitative estimate of drug-likeness (QED) is 0.749. The lowest BCUT2D eigenvalue weighted by Gasteiger charge is -2.21. The van der Waals surface area contributed by atoms with Crippen molar-refractivity contribution in [2.45, 2.75) is 45.1 Å². The fraction of sp³-hybridized carbons (Fsp3) is 0.389. The summed E-state index contributed by atoms with van der Waals surface area (Å²) in [6, 6.07) is 8.73. The van der Waals surface area contributed by atoms with Gasteiger partial charge in [-0.05, 0) is 51.8 Å². The van der Waals surface area contributed by atoms with Crippen LogP contribution in [-0.4, -0.2) is 21.4 Å². The van der Waals surface area contributed by atoms with Crippen LogP contribution in [0.1, 0.15) is 55.6 Å². The van der Waals surface area contributed by atoms with E-state index in [0.717, 1.165) is 18.5 Å². The van der Waals surface area contributed by atoms with Crippen LogP contribution in [0.5, 0.6) is 0 Å². The number of anilines is 3. The van der Waals surface area contributed by atoms with Gasteiger partial charge >= 0.3 is 0 Å². The summed E-state index contributed by atoms with van der Waals surface area (Å²) >= 11 is 0. The standard InChI is InChI=1S/C18H23N5O/c1-18(2,3)23-17-20-14(11-7-8-11)10-15(22-17)21-16(24)12-5-4-6-13(19)9-12/h4-6,9-11H,7-8,19H2,1-3H3,(H2,20,21,22,23,24). The van der Waals surface area contributed by atoms with Gasteiger partial charge in [0.2, 0.25) is 5.95 Å². The number of rotatable bonds is 4. The first-order chi connectivity index (χ1) is 11.3. The zero-order valence-electron chi connectivity index (χ0n) is 14.3. The number of carbonyl (C=O) groups excluding carboxylic acids is 1. The van der Waals surface area contributed by atoms with Gasteiger partial charge in [0.05, 0.1) is 5.69 Å². The highest BCUT2D eigenvalue weighted by Crippen LogP contribution is 2.40. The number of carbonyl (C=O) groups is 1. The number of aromatic nitrogens is 2. The number of hydrogen-bond donors (Lipinski definition) is 3. The maximum absolute atomic E-state index is 12.4. The molecule has 1 amide bonds. The molecule has 1 saturated carbocycles.